The third kappa shape index (κ3) is 3.75. The molecule has 0 saturated carbocycles. The fraction of sp³-hybridized carbons (Fsp3) is 0.0800. The molecule has 9 nitrogen and oxygen atoms in total. The van der Waals surface area contributed by atoms with Gasteiger partial charge in [-0.15, -0.1) is 0 Å². The molecule has 172 valence electrons. The Balaban J connectivity index is 1.73. The molecule has 0 saturated heterocycles. The van der Waals surface area contributed by atoms with Crippen LogP contribution in [0.15, 0.2) is 55.0 Å². The van der Waals surface area contributed by atoms with Crippen molar-refractivity contribution in [3.05, 3.63) is 72.1 Å². The second-order valence-electron chi connectivity index (χ2n) is 7.88. The third-order valence-corrected chi connectivity index (χ3v) is 5.61. The predicted molar refractivity (Wildman–Crippen MR) is 130 cm³/mol. The molecule has 0 amide bonds. The van der Waals surface area contributed by atoms with Gasteiger partial charge in [0, 0.05) is 35.8 Å². The highest BCUT2D eigenvalue weighted by Crippen LogP contribution is 2.43. The quantitative estimate of drug-likeness (QED) is 0.372. The van der Waals surface area contributed by atoms with E-state index in [-0.39, 0.29) is 17.6 Å². The first kappa shape index (κ1) is 21.8. The number of aromatic nitrogens is 5. The summed E-state index contributed by atoms with van der Waals surface area (Å²) in [5, 5.41) is 10.3. The fourth-order valence-electron chi connectivity index (χ4n) is 4.05. The number of ether oxygens (including phenoxy) is 1. The lowest BCUT2D eigenvalue weighted by Gasteiger charge is -2.12. The van der Waals surface area contributed by atoms with Crippen molar-refractivity contribution in [1.82, 2.24) is 24.5 Å². The number of hydrogen-bond acceptors (Lipinski definition) is 8. The summed E-state index contributed by atoms with van der Waals surface area (Å²) in [5.74, 6) is -0.422. The Hall–Kier alpha value is -5.04. The molecule has 35 heavy (non-hydrogen) atoms. The molecule has 0 aliphatic rings. The highest BCUT2D eigenvalue weighted by atomic mass is 19.1. The van der Waals surface area contributed by atoms with Gasteiger partial charge in [-0.3, -0.25) is 0 Å². The molecule has 0 unspecified atom stereocenters. The zero-order chi connectivity index (χ0) is 24.7. The SMILES string of the molecule is Cc1ccnc(Oc2ccc(-c3c(-c4ccc(N)cc4C#N)n(C)c4ncnc(N)c34)cc2F)n1. The van der Waals surface area contributed by atoms with Crippen LogP contribution in [-0.4, -0.2) is 24.5 Å². The van der Waals surface area contributed by atoms with Crippen LogP contribution >= 0.6 is 0 Å². The highest BCUT2D eigenvalue weighted by molar-refractivity contribution is 6.08. The van der Waals surface area contributed by atoms with E-state index in [0.717, 1.165) is 0 Å². The molecule has 5 rings (SSSR count). The Morgan fingerprint density at radius 1 is 1.06 bits per heavy atom. The molecule has 0 aliphatic heterocycles. The number of benzene rings is 2. The van der Waals surface area contributed by atoms with Crippen LogP contribution in [0.2, 0.25) is 0 Å². The molecule has 0 radical (unpaired) electrons. The zero-order valence-corrected chi connectivity index (χ0v) is 18.8. The van der Waals surface area contributed by atoms with Gasteiger partial charge < -0.3 is 20.8 Å². The van der Waals surface area contributed by atoms with Gasteiger partial charge in [-0.05, 0) is 48.9 Å². The van der Waals surface area contributed by atoms with Crippen molar-refractivity contribution in [2.45, 2.75) is 6.92 Å². The van der Waals surface area contributed by atoms with Gasteiger partial charge in [0.25, 0.3) is 0 Å². The number of halogens is 1. The summed E-state index contributed by atoms with van der Waals surface area (Å²) >= 11 is 0. The Kier molecular flexibility index (Phi) is 5.22. The summed E-state index contributed by atoms with van der Waals surface area (Å²) in [7, 11) is 1.80. The monoisotopic (exact) mass is 466 g/mol. The average Bonchev–Trinajstić information content (AvgIpc) is 3.14. The fourth-order valence-corrected chi connectivity index (χ4v) is 4.05. The number of hydrogen-bond donors (Lipinski definition) is 2. The summed E-state index contributed by atoms with van der Waals surface area (Å²) in [4.78, 5) is 16.7. The van der Waals surface area contributed by atoms with Crippen molar-refractivity contribution in [2.75, 3.05) is 11.5 Å². The molecule has 5 aromatic rings. The minimum atomic E-state index is -0.621. The van der Waals surface area contributed by atoms with Crippen LogP contribution in [0.1, 0.15) is 11.3 Å². The Labute approximate surface area is 199 Å². The molecular formula is C25H19FN8O. The molecule has 0 aliphatic carbocycles. The molecule has 0 spiro atoms. The van der Waals surface area contributed by atoms with Crippen molar-refractivity contribution < 1.29 is 9.13 Å². The van der Waals surface area contributed by atoms with E-state index in [4.69, 9.17) is 16.2 Å². The average molecular weight is 466 g/mol. The second-order valence-corrected chi connectivity index (χ2v) is 7.88. The van der Waals surface area contributed by atoms with E-state index in [2.05, 4.69) is 26.0 Å². The molecule has 0 fully saturated rings. The smallest absolute Gasteiger partial charge is 0.322 e. The summed E-state index contributed by atoms with van der Waals surface area (Å²) in [6.45, 7) is 1.79. The van der Waals surface area contributed by atoms with E-state index >= 15 is 4.39 Å². The van der Waals surface area contributed by atoms with Gasteiger partial charge in [-0.1, -0.05) is 6.07 Å². The van der Waals surface area contributed by atoms with Crippen LogP contribution in [0.3, 0.4) is 0 Å². The van der Waals surface area contributed by atoms with Gasteiger partial charge in [0.1, 0.15) is 17.8 Å². The molecule has 3 aromatic heterocycles. The van der Waals surface area contributed by atoms with E-state index < -0.39 is 5.82 Å². The number of nitrogen functional groups attached to an aromatic ring is 2. The van der Waals surface area contributed by atoms with Crippen LogP contribution < -0.4 is 16.2 Å². The minimum absolute atomic E-state index is 0.0319. The van der Waals surface area contributed by atoms with Crippen LogP contribution in [-0.2, 0) is 7.05 Å². The maximum atomic E-state index is 15.2. The molecule has 4 N–H and O–H groups in total. The summed E-state index contributed by atoms with van der Waals surface area (Å²) in [6, 6.07) is 13.5. The van der Waals surface area contributed by atoms with Gasteiger partial charge >= 0.3 is 6.01 Å². The van der Waals surface area contributed by atoms with Gasteiger partial charge in [0.05, 0.1) is 22.7 Å². The molecule has 0 bridgehead atoms. The van der Waals surface area contributed by atoms with E-state index in [1.165, 1.54) is 24.7 Å². The van der Waals surface area contributed by atoms with Gasteiger partial charge in [-0.2, -0.15) is 5.26 Å². The highest BCUT2D eigenvalue weighted by Gasteiger charge is 2.24. The Morgan fingerprint density at radius 2 is 1.89 bits per heavy atom. The molecule has 2 aromatic carbocycles. The lowest BCUT2D eigenvalue weighted by Crippen LogP contribution is -1.98. The predicted octanol–water partition coefficient (Wildman–Crippen LogP) is 4.37. The van der Waals surface area contributed by atoms with E-state index in [0.29, 0.717) is 50.4 Å². The van der Waals surface area contributed by atoms with Gasteiger partial charge in [0.2, 0.25) is 0 Å². The first-order chi connectivity index (χ1) is 16.9. The Bertz CT molecular complexity index is 1650. The van der Waals surface area contributed by atoms with E-state index in [1.54, 1.807) is 48.9 Å². The lowest BCUT2D eigenvalue weighted by atomic mass is 9.96. The van der Waals surface area contributed by atoms with Crippen LogP contribution in [0.4, 0.5) is 15.9 Å². The summed E-state index contributed by atoms with van der Waals surface area (Å²) in [5.41, 5.74) is 16.5. The zero-order valence-electron chi connectivity index (χ0n) is 18.8. The number of nitrogens with zero attached hydrogens (tertiary/aromatic N) is 6. The van der Waals surface area contributed by atoms with E-state index in [9.17, 15) is 5.26 Å². The van der Waals surface area contributed by atoms with Crippen molar-refractivity contribution in [2.24, 2.45) is 7.05 Å². The first-order valence-corrected chi connectivity index (χ1v) is 10.5. The van der Waals surface area contributed by atoms with Crippen molar-refractivity contribution >= 4 is 22.5 Å². The number of nitrogens with two attached hydrogens (primary N) is 2. The maximum Gasteiger partial charge on any atom is 0.322 e. The van der Waals surface area contributed by atoms with E-state index in [1.807, 2.05) is 0 Å². The number of rotatable bonds is 4. The minimum Gasteiger partial charge on any atom is -0.421 e. The largest absolute Gasteiger partial charge is 0.421 e. The van der Waals surface area contributed by atoms with Crippen LogP contribution in [0.25, 0.3) is 33.4 Å². The van der Waals surface area contributed by atoms with Crippen LogP contribution in [0.5, 0.6) is 11.8 Å². The van der Waals surface area contributed by atoms with Gasteiger partial charge in [0.15, 0.2) is 11.6 Å². The van der Waals surface area contributed by atoms with Crippen LogP contribution in [0, 0.1) is 24.1 Å². The number of nitriles is 1. The normalized spacial score (nSPS) is 10.9. The number of aryl methyl sites for hydroxylation is 2. The van der Waals surface area contributed by atoms with Crippen molar-refractivity contribution in [3.8, 4) is 40.2 Å². The maximum absolute atomic E-state index is 15.2. The standard InChI is InChI=1S/C25H19FN8O/c1-13-7-8-30-25(33-13)35-19-6-3-14(10-18(19)26)20-21-23(29)31-12-32-24(21)34(2)22(20)17-5-4-16(28)9-15(17)11-27/h3-10,12H,28H2,1-2H3,(H2,29,31,32). The van der Waals surface area contributed by atoms with Crippen molar-refractivity contribution in [1.29, 1.82) is 5.26 Å². The Morgan fingerprint density at radius 3 is 2.63 bits per heavy atom. The summed E-state index contributed by atoms with van der Waals surface area (Å²) in [6.07, 6.45) is 2.90. The number of anilines is 2. The summed E-state index contributed by atoms with van der Waals surface area (Å²) < 4.78 is 22.6. The van der Waals surface area contributed by atoms with Crippen molar-refractivity contribution in [3.63, 3.8) is 0 Å². The number of fused-ring (bicyclic) bond motifs is 1. The molecular weight excluding hydrogens is 447 g/mol. The second kappa shape index (κ2) is 8.39. The first-order valence-electron chi connectivity index (χ1n) is 10.5. The van der Waals surface area contributed by atoms with Gasteiger partial charge in [-0.25, -0.2) is 24.3 Å². The topological polar surface area (TPSA) is 142 Å². The molecule has 3 heterocycles. The molecule has 0 atom stereocenters. The third-order valence-electron chi connectivity index (χ3n) is 5.61. The lowest BCUT2D eigenvalue weighted by molar-refractivity contribution is 0.410. The molecule has 10 heteroatoms.